The van der Waals surface area contributed by atoms with Gasteiger partial charge in [0, 0.05) is 24.0 Å². The molecule has 6 heteroatoms. The van der Waals surface area contributed by atoms with Crippen molar-refractivity contribution in [1.29, 1.82) is 0 Å². The number of fused-ring (bicyclic) bond motifs is 1. The number of imidazole rings is 1. The molecule has 0 aliphatic carbocycles. The monoisotopic (exact) mass is 401 g/mol. The Bertz CT molecular complexity index is 947. The SMILES string of the molecule is CCCCCN(Cc1nc2cc(F)ccc2n1CCC)C(=O)c1ccc(C)s1. The van der Waals surface area contributed by atoms with Crippen LogP contribution in [0.1, 0.15) is 59.9 Å². The van der Waals surface area contributed by atoms with Crippen LogP contribution in [0.25, 0.3) is 11.0 Å². The first-order chi connectivity index (χ1) is 13.5. The second kappa shape index (κ2) is 9.32. The molecule has 3 rings (SSSR count). The summed E-state index contributed by atoms with van der Waals surface area (Å²) in [6.07, 6.45) is 4.11. The number of hydrogen-bond acceptors (Lipinski definition) is 3. The van der Waals surface area contributed by atoms with Gasteiger partial charge in [-0.1, -0.05) is 26.7 Å². The van der Waals surface area contributed by atoms with E-state index >= 15 is 0 Å². The number of carbonyl (C=O) groups is 1. The lowest BCUT2D eigenvalue weighted by molar-refractivity contribution is 0.0739. The Hall–Kier alpha value is -2.21. The summed E-state index contributed by atoms with van der Waals surface area (Å²) in [4.78, 5) is 21.6. The number of aromatic nitrogens is 2. The summed E-state index contributed by atoms with van der Waals surface area (Å²) in [6.45, 7) is 8.22. The molecule has 2 aromatic heterocycles. The molecule has 0 saturated heterocycles. The van der Waals surface area contributed by atoms with Gasteiger partial charge in [-0.2, -0.15) is 0 Å². The minimum atomic E-state index is -0.287. The molecule has 2 heterocycles. The maximum absolute atomic E-state index is 13.7. The summed E-state index contributed by atoms with van der Waals surface area (Å²) >= 11 is 1.53. The summed E-state index contributed by atoms with van der Waals surface area (Å²) < 4.78 is 15.8. The Balaban J connectivity index is 1.92. The summed E-state index contributed by atoms with van der Waals surface area (Å²) in [6, 6.07) is 8.61. The van der Waals surface area contributed by atoms with Crippen LogP contribution in [0.2, 0.25) is 0 Å². The molecule has 150 valence electrons. The first kappa shape index (κ1) is 20.5. The van der Waals surface area contributed by atoms with Crippen LogP contribution in [0.4, 0.5) is 4.39 Å². The Morgan fingerprint density at radius 3 is 2.68 bits per heavy atom. The minimum absolute atomic E-state index is 0.0514. The van der Waals surface area contributed by atoms with Gasteiger partial charge in [0.25, 0.3) is 5.91 Å². The van der Waals surface area contributed by atoms with Crippen LogP contribution in [0.15, 0.2) is 30.3 Å². The van der Waals surface area contributed by atoms with Gasteiger partial charge < -0.3 is 9.47 Å². The molecule has 4 nitrogen and oxygen atoms in total. The van der Waals surface area contributed by atoms with E-state index in [-0.39, 0.29) is 11.7 Å². The van der Waals surface area contributed by atoms with Crippen molar-refractivity contribution in [3.63, 3.8) is 0 Å². The van der Waals surface area contributed by atoms with Crippen LogP contribution in [0, 0.1) is 12.7 Å². The van der Waals surface area contributed by atoms with Gasteiger partial charge in [-0.3, -0.25) is 4.79 Å². The molecule has 0 N–H and O–H groups in total. The molecule has 0 bridgehead atoms. The van der Waals surface area contributed by atoms with Gasteiger partial charge in [-0.05, 0) is 44.0 Å². The number of aryl methyl sites for hydroxylation is 2. The van der Waals surface area contributed by atoms with E-state index in [4.69, 9.17) is 0 Å². The highest BCUT2D eigenvalue weighted by atomic mass is 32.1. The van der Waals surface area contributed by atoms with Crippen LogP contribution in [-0.4, -0.2) is 26.9 Å². The topological polar surface area (TPSA) is 38.1 Å². The summed E-state index contributed by atoms with van der Waals surface area (Å²) in [5, 5.41) is 0. The number of carbonyl (C=O) groups excluding carboxylic acids is 1. The van der Waals surface area contributed by atoms with Gasteiger partial charge in [-0.25, -0.2) is 9.37 Å². The van der Waals surface area contributed by atoms with Gasteiger partial charge in [0.1, 0.15) is 11.6 Å². The van der Waals surface area contributed by atoms with Crippen molar-refractivity contribution >= 4 is 28.3 Å². The number of unbranched alkanes of at least 4 members (excludes halogenated alkanes) is 2. The molecular formula is C22H28FN3OS. The van der Waals surface area contributed by atoms with Gasteiger partial charge in [0.2, 0.25) is 0 Å². The largest absolute Gasteiger partial charge is 0.330 e. The molecule has 1 aromatic carbocycles. The van der Waals surface area contributed by atoms with Crippen molar-refractivity contribution in [2.24, 2.45) is 0 Å². The fourth-order valence-corrected chi connectivity index (χ4v) is 4.26. The minimum Gasteiger partial charge on any atom is -0.330 e. The smallest absolute Gasteiger partial charge is 0.264 e. The van der Waals surface area contributed by atoms with Crippen LogP contribution >= 0.6 is 11.3 Å². The average Bonchev–Trinajstić information content (AvgIpc) is 3.24. The first-order valence-corrected chi connectivity index (χ1v) is 10.9. The lowest BCUT2D eigenvalue weighted by atomic mass is 10.2. The molecule has 3 aromatic rings. The molecular weight excluding hydrogens is 373 g/mol. The van der Waals surface area contributed by atoms with E-state index in [0.717, 1.165) is 53.3 Å². The van der Waals surface area contributed by atoms with Crippen LogP contribution in [0.5, 0.6) is 0 Å². The third-order valence-electron chi connectivity index (χ3n) is 4.84. The highest BCUT2D eigenvalue weighted by Crippen LogP contribution is 2.22. The Labute approximate surface area is 170 Å². The zero-order valence-electron chi connectivity index (χ0n) is 16.9. The number of rotatable bonds is 9. The van der Waals surface area contributed by atoms with Crippen molar-refractivity contribution < 1.29 is 9.18 Å². The van der Waals surface area contributed by atoms with E-state index in [0.29, 0.717) is 18.6 Å². The van der Waals surface area contributed by atoms with Gasteiger partial charge in [-0.15, -0.1) is 11.3 Å². The third kappa shape index (κ3) is 4.61. The van der Waals surface area contributed by atoms with Gasteiger partial charge in [0.05, 0.1) is 22.5 Å². The molecule has 0 unspecified atom stereocenters. The second-order valence-corrected chi connectivity index (χ2v) is 8.44. The highest BCUT2D eigenvalue weighted by Gasteiger charge is 2.21. The number of thiophene rings is 1. The Kier molecular flexibility index (Phi) is 6.83. The Morgan fingerprint density at radius 1 is 1.18 bits per heavy atom. The molecule has 0 spiro atoms. The maximum atomic E-state index is 13.7. The number of nitrogens with zero attached hydrogens (tertiary/aromatic N) is 3. The number of hydrogen-bond donors (Lipinski definition) is 0. The highest BCUT2D eigenvalue weighted by molar-refractivity contribution is 7.13. The van der Waals surface area contributed by atoms with Crippen molar-refractivity contribution in [3.8, 4) is 0 Å². The fourth-order valence-electron chi connectivity index (χ4n) is 3.43. The summed E-state index contributed by atoms with van der Waals surface area (Å²) in [5.41, 5.74) is 1.57. The fraction of sp³-hybridized carbons (Fsp3) is 0.455. The molecule has 0 radical (unpaired) electrons. The first-order valence-electron chi connectivity index (χ1n) is 10.0. The number of benzene rings is 1. The third-order valence-corrected chi connectivity index (χ3v) is 5.83. The zero-order valence-corrected chi connectivity index (χ0v) is 17.7. The van der Waals surface area contributed by atoms with E-state index in [2.05, 4.69) is 23.4 Å². The Morgan fingerprint density at radius 2 is 2.00 bits per heavy atom. The molecule has 0 fully saturated rings. The van der Waals surface area contributed by atoms with Crippen molar-refractivity contribution in [1.82, 2.24) is 14.5 Å². The van der Waals surface area contributed by atoms with Crippen molar-refractivity contribution in [2.75, 3.05) is 6.54 Å². The van der Waals surface area contributed by atoms with Gasteiger partial charge >= 0.3 is 0 Å². The van der Waals surface area contributed by atoms with Crippen molar-refractivity contribution in [3.05, 3.63) is 51.7 Å². The predicted octanol–water partition coefficient (Wildman–Crippen LogP) is 5.79. The lowest BCUT2D eigenvalue weighted by Crippen LogP contribution is -2.32. The quantitative estimate of drug-likeness (QED) is 0.426. The van der Waals surface area contributed by atoms with Gasteiger partial charge in [0.15, 0.2) is 0 Å². The van der Waals surface area contributed by atoms with E-state index in [1.807, 2.05) is 24.0 Å². The summed E-state index contributed by atoms with van der Waals surface area (Å²) in [5.74, 6) is 0.584. The second-order valence-electron chi connectivity index (χ2n) is 7.16. The summed E-state index contributed by atoms with van der Waals surface area (Å²) in [7, 11) is 0. The zero-order chi connectivity index (χ0) is 20.1. The average molecular weight is 402 g/mol. The molecule has 1 amide bonds. The van der Waals surface area contributed by atoms with Crippen LogP contribution in [0.3, 0.4) is 0 Å². The molecule has 0 aliphatic heterocycles. The van der Waals surface area contributed by atoms with Crippen LogP contribution in [-0.2, 0) is 13.1 Å². The van der Waals surface area contributed by atoms with E-state index in [9.17, 15) is 9.18 Å². The number of halogens is 1. The molecule has 28 heavy (non-hydrogen) atoms. The van der Waals surface area contributed by atoms with E-state index in [1.165, 1.54) is 23.5 Å². The maximum Gasteiger partial charge on any atom is 0.264 e. The normalized spacial score (nSPS) is 11.3. The molecule has 0 atom stereocenters. The molecule has 0 saturated carbocycles. The number of amides is 1. The standard InChI is InChI=1S/C22H28FN3OS/c1-4-6-7-13-25(22(27)20-11-8-16(3)28-20)15-21-24-18-14-17(23)9-10-19(18)26(21)12-5-2/h8-11,14H,4-7,12-13,15H2,1-3H3. The van der Waals surface area contributed by atoms with Crippen LogP contribution < -0.4 is 0 Å². The van der Waals surface area contributed by atoms with E-state index in [1.54, 1.807) is 6.07 Å². The predicted molar refractivity (Wildman–Crippen MR) is 113 cm³/mol. The molecule has 0 aliphatic rings. The lowest BCUT2D eigenvalue weighted by Gasteiger charge is -2.22. The van der Waals surface area contributed by atoms with Crippen molar-refractivity contribution in [2.45, 2.75) is 59.5 Å². The van der Waals surface area contributed by atoms with E-state index < -0.39 is 0 Å².